The van der Waals surface area contributed by atoms with Crippen LogP contribution in [0.1, 0.15) is 38.1 Å². The Kier molecular flexibility index (Phi) is 5.37. The number of rotatable bonds is 5. The van der Waals surface area contributed by atoms with Gasteiger partial charge in [-0.15, -0.1) is 11.3 Å². The Morgan fingerprint density at radius 3 is 2.61 bits per heavy atom. The lowest BCUT2D eigenvalue weighted by Crippen LogP contribution is -2.43. The highest BCUT2D eigenvalue weighted by Crippen LogP contribution is 2.25. The van der Waals surface area contributed by atoms with Crippen molar-refractivity contribution in [2.24, 2.45) is 11.3 Å². The molecule has 0 radical (unpaired) electrons. The smallest absolute Gasteiger partial charge is 0.252 e. The average molecular weight is 334 g/mol. The molecule has 1 aromatic heterocycles. The topological polar surface area (TPSA) is 49.3 Å². The molecule has 1 rings (SSSR count). The first-order chi connectivity index (χ1) is 8.24. The number of halogens is 1. The van der Waals surface area contributed by atoms with Crippen LogP contribution in [-0.2, 0) is 0 Å². The van der Waals surface area contributed by atoms with Crippen LogP contribution in [0.2, 0.25) is 0 Å². The van der Waals surface area contributed by atoms with Gasteiger partial charge < -0.3 is 10.4 Å². The first-order valence-corrected chi connectivity index (χ1v) is 7.61. The van der Waals surface area contributed by atoms with E-state index in [4.69, 9.17) is 0 Å². The molecular weight excluding hydrogens is 314 g/mol. The largest absolute Gasteiger partial charge is 0.392 e. The van der Waals surface area contributed by atoms with Gasteiger partial charge in [0.2, 0.25) is 0 Å². The first kappa shape index (κ1) is 15.7. The third-order valence-electron chi connectivity index (χ3n) is 2.97. The summed E-state index contributed by atoms with van der Waals surface area (Å²) in [5.74, 6) is 0.0770. The van der Waals surface area contributed by atoms with Crippen LogP contribution in [0.3, 0.4) is 0 Å². The van der Waals surface area contributed by atoms with Gasteiger partial charge in [-0.05, 0) is 27.9 Å². The van der Waals surface area contributed by atoms with Crippen molar-refractivity contribution in [1.82, 2.24) is 5.32 Å². The van der Waals surface area contributed by atoms with E-state index in [-0.39, 0.29) is 17.2 Å². The fraction of sp³-hybridized carbons (Fsp3) is 0.615. The van der Waals surface area contributed by atoms with E-state index in [2.05, 4.69) is 21.2 Å². The molecule has 2 N–H and O–H groups in total. The first-order valence-electron chi connectivity index (χ1n) is 5.94. The molecule has 1 heterocycles. The molecule has 18 heavy (non-hydrogen) atoms. The number of carbonyl (C=O) groups excluding carboxylic acids is 1. The Morgan fingerprint density at radius 2 is 2.17 bits per heavy atom. The van der Waals surface area contributed by atoms with Crippen molar-refractivity contribution >= 4 is 33.2 Å². The van der Waals surface area contributed by atoms with Gasteiger partial charge in [0.25, 0.3) is 5.91 Å². The minimum atomic E-state index is -0.438. The van der Waals surface area contributed by atoms with Crippen LogP contribution in [0.4, 0.5) is 0 Å². The zero-order chi connectivity index (χ0) is 13.9. The van der Waals surface area contributed by atoms with Crippen LogP contribution >= 0.6 is 27.3 Å². The molecule has 0 bridgehead atoms. The van der Waals surface area contributed by atoms with Gasteiger partial charge in [0.1, 0.15) is 0 Å². The number of hydrogen-bond donors (Lipinski definition) is 2. The molecule has 5 heteroatoms. The Bertz CT molecular complexity index is 415. The minimum Gasteiger partial charge on any atom is -0.392 e. The van der Waals surface area contributed by atoms with Crippen molar-refractivity contribution in [3.8, 4) is 0 Å². The van der Waals surface area contributed by atoms with Gasteiger partial charge >= 0.3 is 0 Å². The molecule has 0 saturated carbocycles. The Balaban J connectivity index is 2.57. The summed E-state index contributed by atoms with van der Waals surface area (Å²) in [7, 11) is 0. The van der Waals surface area contributed by atoms with Crippen molar-refractivity contribution < 1.29 is 9.90 Å². The molecule has 0 saturated heterocycles. The zero-order valence-corrected chi connectivity index (χ0v) is 13.6. The number of aliphatic hydroxyl groups excluding tert-OH is 1. The summed E-state index contributed by atoms with van der Waals surface area (Å²) in [6, 6.07) is 1.80. The number of amides is 1. The van der Waals surface area contributed by atoms with Gasteiger partial charge in [0, 0.05) is 17.3 Å². The Morgan fingerprint density at radius 1 is 1.56 bits per heavy atom. The summed E-state index contributed by atoms with van der Waals surface area (Å²) in [5.41, 5.74) is 0.318. The second-order valence-corrected chi connectivity index (χ2v) is 7.79. The highest BCUT2D eigenvalue weighted by molar-refractivity contribution is 9.11. The van der Waals surface area contributed by atoms with E-state index in [1.54, 1.807) is 6.07 Å². The van der Waals surface area contributed by atoms with Gasteiger partial charge in [0.15, 0.2) is 0 Å². The average Bonchev–Trinajstić information content (AvgIpc) is 2.71. The maximum atomic E-state index is 11.9. The Hall–Kier alpha value is -0.390. The Labute approximate surface area is 121 Å². The van der Waals surface area contributed by atoms with Gasteiger partial charge in [-0.1, -0.05) is 27.7 Å². The van der Waals surface area contributed by atoms with E-state index in [1.165, 1.54) is 11.3 Å². The summed E-state index contributed by atoms with van der Waals surface area (Å²) in [5, 5.41) is 14.8. The fourth-order valence-corrected chi connectivity index (χ4v) is 2.98. The number of thiophene rings is 1. The maximum absolute atomic E-state index is 11.9. The molecule has 0 aliphatic carbocycles. The summed E-state index contributed by atoms with van der Waals surface area (Å²) in [6.45, 7) is 8.33. The predicted molar refractivity (Wildman–Crippen MR) is 79.0 cm³/mol. The van der Waals surface area contributed by atoms with Crippen LogP contribution < -0.4 is 5.32 Å². The van der Waals surface area contributed by atoms with Gasteiger partial charge in [-0.25, -0.2) is 0 Å². The number of aliphatic hydroxyl groups is 1. The summed E-state index contributed by atoms with van der Waals surface area (Å²) in [6.07, 6.45) is -0.438. The molecule has 1 unspecified atom stereocenters. The molecule has 102 valence electrons. The van der Waals surface area contributed by atoms with Gasteiger partial charge in [-0.2, -0.15) is 0 Å². The number of nitrogens with one attached hydrogen (secondary N) is 1. The highest BCUT2D eigenvalue weighted by Gasteiger charge is 2.30. The standard InChI is InChI=1S/C13H20BrNO2S/c1-8(2)11(16)13(3,4)7-15-12(17)9-5-10(14)18-6-9/h5-6,8,11,16H,7H2,1-4H3,(H,15,17). The predicted octanol–water partition coefficient (Wildman–Crippen LogP) is 3.28. The zero-order valence-electron chi connectivity index (χ0n) is 11.2. The summed E-state index contributed by atoms with van der Waals surface area (Å²) >= 11 is 4.82. The molecular formula is C13H20BrNO2S. The third kappa shape index (κ3) is 4.07. The molecule has 1 atom stereocenters. The van der Waals surface area contributed by atoms with Crippen molar-refractivity contribution in [2.75, 3.05) is 6.54 Å². The maximum Gasteiger partial charge on any atom is 0.252 e. The normalized spacial score (nSPS) is 13.7. The third-order valence-corrected chi connectivity index (χ3v) is 4.47. The van der Waals surface area contributed by atoms with E-state index in [9.17, 15) is 9.90 Å². The molecule has 0 fully saturated rings. The van der Waals surface area contributed by atoms with Crippen molar-refractivity contribution in [1.29, 1.82) is 0 Å². The number of hydrogen-bond acceptors (Lipinski definition) is 3. The van der Waals surface area contributed by atoms with E-state index in [1.807, 2.05) is 33.1 Å². The highest BCUT2D eigenvalue weighted by atomic mass is 79.9. The molecule has 1 amide bonds. The van der Waals surface area contributed by atoms with E-state index < -0.39 is 6.10 Å². The number of carbonyl (C=O) groups is 1. The van der Waals surface area contributed by atoms with E-state index in [0.29, 0.717) is 12.1 Å². The monoisotopic (exact) mass is 333 g/mol. The molecule has 0 aromatic carbocycles. The minimum absolute atomic E-state index is 0.0963. The summed E-state index contributed by atoms with van der Waals surface area (Å²) in [4.78, 5) is 11.9. The van der Waals surface area contributed by atoms with Crippen LogP contribution in [0.5, 0.6) is 0 Å². The van der Waals surface area contributed by atoms with Crippen LogP contribution in [0.25, 0.3) is 0 Å². The molecule has 3 nitrogen and oxygen atoms in total. The van der Waals surface area contributed by atoms with E-state index in [0.717, 1.165) is 3.79 Å². The summed E-state index contributed by atoms with van der Waals surface area (Å²) < 4.78 is 0.939. The molecule has 0 spiro atoms. The lowest BCUT2D eigenvalue weighted by Gasteiger charge is -2.33. The SMILES string of the molecule is CC(C)C(O)C(C)(C)CNC(=O)c1csc(Br)c1. The van der Waals surface area contributed by atoms with E-state index >= 15 is 0 Å². The lowest BCUT2D eigenvalue weighted by atomic mass is 9.80. The van der Waals surface area contributed by atoms with Crippen LogP contribution in [-0.4, -0.2) is 23.7 Å². The second kappa shape index (κ2) is 6.17. The van der Waals surface area contributed by atoms with Crippen molar-refractivity contribution in [3.63, 3.8) is 0 Å². The quantitative estimate of drug-likeness (QED) is 0.868. The van der Waals surface area contributed by atoms with Crippen molar-refractivity contribution in [3.05, 3.63) is 20.8 Å². The van der Waals surface area contributed by atoms with Gasteiger partial charge in [0.05, 0.1) is 15.5 Å². The van der Waals surface area contributed by atoms with Crippen LogP contribution in [0.15, 0.2) is 15.2 Å². The van der Waals surface area contributed by atoms with Crippen molar-refractivity contribution in [2.45, 2.75) is 33.8 Å². The molecule has 0 aliphatic rings. The van der Waals surface area contributed by atoms with Crippen LogP contribution in [0, 0.1) is 11.3 Å². The van der Waals surface area contributed by atoms with Gasteiger partial charge in [-0.3, -0.25) is 4.79 Å². The molecule has 1 aromatic rings. The fourth-order valence-electron chi connectivity index (χ4n) is 1.85. The molecule has 0 aliphatic heterocycles. The lowest BCUT2D eigenvalue weighted by molar-refractivity contribution is 0.0138. The second-order valence-electron chi connectivity index (χ2n) is 5.50.